The van der Waals surface area contributed by atoms with Crippen molar-refractivity contribution in [3.63, 3.8) is 0 Å². The van der Waals surface area contributed by atoms with E-state index in [0.29, 0.717) is 13.1 Å². The van der Waals surface area contributed by atoms with Crippen molar-refractivity contribution in [1.82, 2.24) is 10.2 Å². The van der Waals surface area contributed by atoms with E-state index in [1.807, 2.05) is 46.8 Å². The molecule has 1 amide bonds. The summed E-state index contributed by atoms with van der Waals surface area (Å²) in [5.74, 6) is 0.790. The van der Waals surface area contributed by atoms with Crippen LogP contribution in [0.15, 0.2) is 18.2 Å². The number of hydrogen-bond acceptors (Lipinski definition) is 5. The van der Waals surface area contributed by atoms with Gasteiger partial charge in [-0.2, -0.15) is 0 Å². The first-order valence-electron chi connectivity index (χ1n) is 10.2. The number of amides is 1. The van der Waals surface area contributed by atoms with Gasteiger partial charge in [-0.25, -0.2) is 4.79 Å². The highest BCUT2D eigenvalue weighted by Crippen LogP contribution is 2.19. The number of rotatable bonds is 7. The maximum Gasteiger partial charge on any atom is 0.407 e. The smallest absolute Gasteiger partial charge is 0.407 e. The van der Waals surface area contributed by atoms with Gasteiger partial charge in [0.1, 0.15) is 24.1 Å². The van der Waals surface area contributed by atoms with Gasteiger partial charge in [0.15, 0.2) is 0 Å². The number of carbonyl (C=O) groups is 1. The quantitative estimate of drug-likeness (QED) is 0.744. The lowest BCUT2D eigenvalue weighted by Gasteiger charge is -2.37. The molecule has 158 valence electrons. The summed E-state index contributed by atoms with van der Waals surface area (Å²) in [5.41, 5.74) is 1.79. The Morgan fingerprint density at radius 3 is 2.57 bits per heavy atom. The van der Waals surface area contributed by atoms with Gasteiger partial charge in [0.2, 0.25) is 0 Å². The minimum atomic E-state index is -0.581. The highest BCUT2D eigenvalue weighted by atomic mass is 16.6. The number of ether oxygens (including phenoxy) is 2. The van der Waals surface area contributed by atoms with E-state index in [9.17, 15) is 9.90 Å². The van der Waals surface area contributed by atoms with Gasteiger partial charge < -0.3 is 19.9 Å². The Labute approximate surface area is 169 Å². The highest BCUT2D eigenvalue weighted by molar-refractivity contribution is 5.67. The molecule has 1 aliphatic heterocycles. The number of benzene rings is 1. The number of aliphatic hydroxyl groups is 1. The number of likely N-dealkylation sites (tertiary alicyclic amines) is 1. The minimum Gasteiger partial charge on any atom is -0.491 e. The van der Waals surface area contributed by atoms with Crippen LogP contribution >= 0.6 is 0 Å². The van der Waals surface area contributed by atoms with Crippen LogP contribution in [0.1, 0.15) is 51.2 Å². The van der Waals surface area contributed by atoms with E-state index < -0.39 is 17.8 Å². The Morgan fingerprint density at radius 1 is 1.25 bits per heavy atom. The lowest BCUT2D eigenvalue weighted by Crippen LogP contribution is -2.50. The van der Waals surface area contributed by atoms with Crippen molar-refractivity contribution in [3.8, 4) is 5.75 Å². The zero-order valence-electron chi connectivity index (χ0n) is 18.0. The van der Waals surface area contributed by atoms with Crippen LogP contribution in [-0.4, -0.2) is 60.1 Å². The summed E-state index contributed by atoms with van der Waals surface area (Å²) in [7, 11) is 0. The Balaban J connectivity index is 1.81. The average molecular weight is 393 g/mol. The molecule has 0 aromatic heterocycles. The fourth-order valence-corrected chi connectivity index (χ4v) is 3.58. The first-order chi connectivity index (χ1) is 13.1. The predicted octanol–water partition coefficient (Wildman–Crippen LogP) is 3.42. The second-order valence-corrected chi connectivity index (χ2v) is 8.82. The van der Waals surface area contributed by atoms with E-state index in [4.69, 9.17) is 9.47 Å². The third kappa shape index (κ3) is 8.07. The molecule has 1 aromatic carbocycles. The lowest BCUT2D eigenvalue weighted by atomic mass is 10.0. The van der Waals surface area contributed by atoms with Gasteiger partial charge in [0, 0.05) is 19.1 Å². The maximum absolute atomic E-state index is 11.9. The minimum absolute atomic E-state index is 0.206. The van der Waals surface area contributed by atoms with Crippen molar-refractivity contribution in [3.05, 3.63) is 29.3 Å². The molecular formula is C22H36N2O4. The Kier molecular flexibility index (Phi) is 8.13. The van der Waals surface area contributed by atoms with Crippen LogP contribution in [0.4, 0.5) is 4.79 Å². The molecule has 1 saturated heterocycles. The third-order valence-corrected chi connectivity index (χ3v) is 4.71. The molecule has 28 heavy (non-hydrogen) atoms. The summed E-state index contributed by atoms with van der Waals surface area (Å²) in [6.45, 7) is 11.9. The second-order valence-electron chi connectivity index (χ2n) is 8.82. The zero-order valence-corrected chi connectivity index (χ0v) is 18.0. The number of β-amino-alcohol motifs (C(OH)–C–C–N with tert-alkyl or cyclic N) is 1. The summed E-state index contributed by atoms with van der Waals surface area (Å²) in [6, 6.07) is 6.26. The molecule has 0 spiro atoms. The van der Waals surface area contributed by atoms with Crippen molar-refractivity contribution < 1.29 is 19.4 Å². The largest absolute Gasteiger partial charge is 0.491 e. The molecule has 2 atom stereocenters. The fraction of sp³-hybridized carbons (Fsp3) is 0.682. The van der Waals surface area contributed by atoms with E-state index in [1.165, 1.54) is 0 Å². The molecule has 2 N–H and O–H groups in total. The standard InChI is InChI=1S/C22H36N2O4/c1-16-10-17(2)12-20(11-16)27-15-19(25)14-24-9-7-6-8-18(24)13-23-21(26)28-22(3,4)5/h10-12,18-19,25H,6-9,13-15H2,1-5H3,(H,23,26). The van der Waals surface area contributed by atoms with Crippen LogP contribution in [0.5, 0.6) is 5.75 Å². The van der Waals surface area contributed by atoms with Crippen LogP contribution in [0.3, 0.4) is 0 Å². The summed E-state index contributed by atoms with van der Waals surface area (Å²) in [6.07, 6.45) is 2.26. The SMILES string of the molecule is Cc1cc(C)cc(OCC(O)CN2CCCCC2CNC(=O)OC(C)(C)C)c1. The van der Waals surface area contributed by atoms with Crippen molar-refractivity contribution in [2.45, 2.75) is 71.6 Å². The molecule has 6 nitrogen and oxygen atoms in total. The van der Waals surface area contributed by atoms with Gasteiger partial charge in [0.25, 0.3) is 0 Å². The summed E-state index contributed by atoms with van der Waals surface area (Å²) >= 11 is 0. The number of aliphatic hydroxyl groups excluding tert-OH is 1. The number of nitrogens with one attached hydrogen (secondary N) is 1. The van der Waals surface area contributed by atoms with Gasteiger partial charge >= 0.3 is 6.09 Å². The number of piperidine rings is 1. The molecule has 6 heteroatoms. The van der Waals surface area contributed by atoms with Gasteiger partial charge in [-0.05, 0) is 77.3 Å². The fourth-order valence-electron chi connectivity index (χ4n) is 3.58. The number of aryl methyl sites for hydroxylation is 2. The molecule has 2 rings (SSSR count). The van der Waals surface area contributed by atoms with Crippen molar-refractivity contribution in [2.75, 3.05) is 26.2 Å². The van der Waals surface area contributed by atoms with Crippen LogP contribution in [0.2, 0.25) is 0 Å². The molecule has 0 bridgehead atoms. The second kappa shape index (κ2) is 10.1. The molecule has 1 heterocycles. The Morgan fingerprint density at radius 2 is 1.93 bits per heavy atom. The zero-order chi connectivity index (χ0) is 20.7. The summed E-state index contributed by atoms with van der Waals surface area (Å²) in [4.78, 5) is 14.2. The molecule has 0 saturated carbocycles. The van der Waals surface area contributed by atoms with Crippen LogP contribution in [0, 0.1) is 13.8 Å². The third-order valence-electron chi connectivity index (χ3n) is 4.71. The summed E-state index contributed by atoms with van der Waals surface area (Å²) < 4.78 is 11.1. The van der Waals surface area contributed by atoms with Gasteiger partial charge in [-0.3, -0.25) is 4.90 Å². The number of carbonyl (C=O) groups excluding carboxylic acids is 1. The predicted molar refractivity (Wildman–Crippen MR) is 111 cm³/mol. The maximum atomic E-state index is 11.9. The first kappa shape index (κ1) is 22.5. The van der Waals surface area contributed by atoms with Crippen LogP contribution in [-0.2, 0) is 4.74 Å². The highest BCUT2D eigenvalue weighted by Gasteiger charge is 2.26. The van der Waals surface area contributed by atoms with E-state index >= 15 is 0 Å². The van der Waals surface area contributed by atoms with Crippen LogP contribution < -0.4 is 10.1 Å². The molecule has 0 radical (unpaired) electrons. The van der Waals surface area contributed by atoms with Crippen molar-refractivity contribution in [2.24, 2.45) is 0 Å². The normalized spacial score (nSPS) is 19.1. The molecule has 1 aromatic rings. The molecular weight excluding hydrogens is 356 g/mol. The van der Waals surface area contributed by atoms with E-state index in [-0.39, 0.29) is 12.6 Å². The number of hydrogen-bond donors (Lipinski definition) is 2. The monoisotopic (exact) mass is 392 g/mol. The van der Waals surface area contributed by atoms with Gasteiger partial charge in [-0.15, -0.1) is 0 Å². The van der Waals surface area contributed by atoms with Crippen molar-refractivity contribution >= 4 is 6.09 Å². The number of nitrogens with zero attached hydrogens (tertiary/aromatic N) is 1. The van der Waals surface area contributed by atoms with Gasteiger partial charge in [0.05, 0.1) is 0 Å². The van der Waals surface area contributed by atoms with E-state index in [0.717, 1.165) is 42.7 Å². The Hall–Kier alpha value is -1.79. The molecule has 0 aliphatic carbocycles. The first-order valence-corrected chi connectivity index (χ1v) is 10.2. The van der Waals surface area contributed by atoms with Crippen molar-refractivity contribution in [1.29, 1.82) is 0 Å². The Bertz CT molecular complexity index is 622. The topological polar surface area (TPSA) is 71.0 Å². The number of alkyl carbamates (subject to hydrolysis) is 1. The lowest BCUT2D eigenvalue weighted by molar-refractivity contribution is 0.0337. The van der Waals surface area contributed by atoms with E-state index in [1.54, 1.807) is 0 Å². The average Bonchev–Trinajstić information content (AvgIpc) is 2.57. The van der Waals surface area contributed by atoms with Crippen LogP contribution in [0.25, 0.3) is 0 Å². The summed E-state index contributed by atoms with van der Waals surface area (Å²) in [5, 5.41) is 13.3. The molecule has 2 unspecified atom stereocenters. The molecule has 1 aliphatic rings. The molecule has 1 fully saturated rings. The van der Waals surface area contributed by atoms with E-state index in [2.05, 4.69) is 16.3 Å². The van der Waals surface area contributed by atoms with Gasteiger partial charge in [-0.1, -0.05) is 12.5 Å².